The van der Waals surface area contributed by atoms with Crippen LogP contribution in [0.15, 0.2) is 59.8 Å². The summed E-state index contributed by atoms with van der Waals surface area (Å²) < 4.78 is 12.7. The molecule has 0 fully saturated rings. The average Bonchev–Trinajstić information content (AvgIpc) is 3.09. The topological polar surface area (TPSA) is 89.6 Å². The standard InChI is InChI=1S/C21H19N3O4S/c1-27-10-11-28-19-9-8-17(14-4-2-3-5-15(14)19)24-20(22-23-21(24)29)16-7-6-13(25)12-18(16)26/h2-9,12,25-26H,10-11H2,1H3,(H,23,29). The Morgan fingerprint density at radius 1 is 0.966 bits per heavy atom. The summed E-state index contributed by atoms with van der Waals surface area (Å²) in [6.45, 7) is 0.934. The summed E-state index contributed by atoms with van der Waals surface area (Å²) in [5, 5.41) is 30.4. The molecule has 0 bridgehead atoms. The van der Waals surface area contributed by atoms with Crippen LogP contribution < -0.4 is 4.74 Å². The van der Waals surface area contributed by atoms with Crippen LogP contribution in [-0.4, -0.2) is 45.3 Å². The van der Waals surface area contributed by atoms with E-state index in [0.29, 0.717) is 29.8 Å². The average molecular weight is 409 g/mol. The van der Waals surface area contributed by atoms with Crippen molar-refractivity contribution in [3.63, 3.8) is 0 Å². The van der Waals surface area contributed by atoms with Gasteiger partial charge in [0.25, 0.3) is 0 Å². The minimum Gasteiger partial charge on any atom is -0.508 e. The molecule has 0 saturated heterocycles. The van der Waals surface area contributed by atoms with Crippen molar-refractivity contribution >= 4 is 23.4 Å². The number of rotatable bonds is 6. The highest BCUT2D eigenvalue weighted by molar-refractivity contribution is 7.80. The van der Waals surface area contributed by atoms with Gasteiger partial charge in [0.15, 0.2) is 11.0 Å². The van der Waals surface area contributed by atoms with Gasteiger partial charge in [-0.25, -0.2) is 0 Å². The molecule has 29 heavy (non-hydrogen) atoms. The molecule has 7 nitrogen and oxygen atoms in total. The molecule has 0 aliphatic carbocycles. The number of hydrogen-bond donors (Lipinski definition) is 3. The van der Waals surface area contributed by atoms with Crippen molar-refractivity contribution < 1.29 is 19.7 Å². The van der Waals surface area contributed by atoms with Crippen molar-refractivity contribution in [3.05, 3.63) is 54.6 Å². The second-order valence-corrected chi connectivity index (χ2v) is 6.73. The number of aromatic nitrogens is 3. The van der Waals surface area contributed by atoms with E-state index in [2.05, 4.69) is 22.8 Å². The molecule has 0 atom stereocenters. The molecular formula is C21H19N3O4S. The van der Waals surface area contributed by atoms with Crippen molar-refractivity contribution in [1.82, 2.24) is 14.8 Å². The van der Waals surface area contributed by atoms with Gasteiger partial charge in [-0.1, -0.05) is 24.3 Å². The zero-order valence-corrected chi connectivity index (χ0v) is 16.5. The number of benzene rings is 3. The number of nitrogens with zero attached hydrogens (tertiary/aromatic N) is 3. The smallest absolute Gasteiger partial charge is 0.193 e. The number of phenolic OH excluding ortho intramolecular Hbond substituents is 2. The molecule has 3 aromatic carbocycles. The van der Waals surface area contributed by atoms with Gasteiger partial charge < -0.3 is 19.7 Å². The largest absolute Gasteiger partial charge is 0.508 e. The first-order valence-electron chi connectivity index (χ1n) is 8.90. The van der Waals surface area contributed by atoms with E-state index >= 15 is 0 Å². The highest BCUT2D eigenvalue weighted by Crippen LogP contribution is 2.37. The molecule has 4 aromatic rings. The van der Waals surface area contributed by atoms with Gasteiger partial charge in [-0.05, 0) is 24.3 Å². The number of ether oxygens (including phenoxy) is 2. The molecular weight excluding hydrogens is 390 g/mol. The summed E-state index contributed by atoms with van der Waals surface area (Å²) in [7, 11) is 1.63. The zero-order chi connectivity index (χ0) is 20.4. The third-order valence-electron chi connectivity index (χ3n) is 4.52. The fourth-order valence-electron chi connectivity index (χ4n) is 3.19. The van der Waals surface area contributed by atoms with Gasteiger partial charge in [0.05, 0.1) is 17.9 Å². The third-order valence-corrected chi connectivity index (χ3v) is 4.80. The Balaban J connectivity index is 1.88. The van der Waals surface area contributed by atoms with Crippen molar-refractivity contribution in [2.24, 2.45) is 0 Å². The van der Waals surface area contributed by atoms with E-state index in [-0.39, 0.29) is 11.5 Å². The lowest BCUT2D eigenvalue weighted by molar-refractivity contribution is 0.147. The lowest BCUT2D eigenvalue weighted by Gasteiger charge is -2.15. The van der Waals surface area contributed by atoms with Gasteiger partial charge in [-0.15, -0.1) is 22.8 Å². The quantitative estimate of drug-likeness (QED) is 0.331. The maximum atomic E-state index is 10.3. The van der Waals surface area contributed by atoms with Gasteiger partial charge in [0, 0.05) is 23.9 Å². The van der Waals surface area contributed by atoms with Crippen molar-refractivity contribution in [3.8, 4) is 34.3 Å². The van der Waals surface area contributed by atoms with Gasteiger partial charge in [-0.3, -0.25) is 4.57 Å². The van der Waals surface area contributed by atoms with E-state index in [1.807, 2.05) is 36.4 Å². The Morgan fingerprint density at radius 2 is 1.76 bits per heavy atom. The molecule has 0 spiro atoms. The summed E-state index contributed by atoms with van der Waals surface area (Å²) in [6, 6.07) is 15.9. The Labute approximate surface area is 172 Å². The van der Waals surface area contributed by atoms with Crippen LogP contribution >= 0.6 is 12.6 Å². The maximum Gasteiger partial charge on any atom is 0.193 e. The monoisotopic (exact) mass is 409 g/mol. The number of phenols is 2. The van der Waals surface area contributed by atoms with Gasteiger partial charge in [0.2, 0.25) is 0 Å². The summed E-state index contributed by atoms with van der Waals surface area (Å²) in [4.78, 5) is 0. The fraction of sp³-hybridized carbons (Fsp3) is 0.143. The summed E-state index contributed by atoms with van der Waals surface area (Å²) in [5.41, 5.74) is 1.22. The number of fused-ring (bicyclic) bond motifs is 1. The second kappa shape index (κ2) is 8.02. The Hall–Kier alpha value is -3.23. The van der Waals surface area contributed by atoms with E-state index in [4.69, 9.17) is 9.47 Å². The van der Waals surface area contributed by atoms with E-state index in [1.165, 1.54) is 12.1 Å². The van der Waals surface area contributed by atoms with Crippen LogP contribution in [0, 0.1) is 0 Å². The lowest BCUT2D eigenvalue weighted by atomic mass is 10.1. The lowest BCUT2D eigenvalue weighted by Crippen LogP contribution is -2.05. The molecule has 2 N–H and O–H groups in total. The highest BCUT2D eigenvalue weighted by Gasteiger charge is 2.19. The van der Waals surface area contributed by atoms with Crippen molar-refractivity contribution in [2.75, 3.05) is 20.3 Å². The zero-order valence-electron chi connectivity index (χ0n) is 15.6. The van der Waals surface area contributed by atoms with E-state index in [9.17, 15) is 10.2 Å². The Kier molecular flexibility index (Phi) is 5.28. The predicted octanol–water partition coefficient (Wildman–Crippen LogP) is 3.81. The third kappa shape index (κ3) is 3.59. The minimum atomic E-state index is -0.101. The molecule has 1 heterocycles. The Morgan fingerprint density at radius 3 is 2.52 bits per heavy atom. The molecule has 0 amide bonds. The normalized spacial score (nSPS) is 11.1. The summed E-state index contributed by atoms with van der Waals surface area (Å²) >= 11 is 4.47. The van der Waals surface area contributed by atoms with Crippen molar-refractivity contribution in [1.29, 1.82) is 0 Å². The number of thiol groups is 1. The van der Waals surface area contributed by atoms with E-state index in [0.717, 1.165) is 22.2 Å². The first-order valence-corrected chi connectivity index (χ1v) is 9.35. The van der Waals surface area contributed by atoms with Crippen LogP contribution in [0.3, 0.4) is 0 Å². The first-order chi connectivity index (χ1) is 14.1. The molecule has 0 unspecified atom stereocenters. The number of methoxy groups -OCH3 is 1. The summed E-state index contributed by atoms with van der Waals surface area (Å²) in [5.74, 6) is 1.01. The van der Waals surface area contributed by atoms with Gasteiger partial charge in [0.1, 0.15) is 23.9 Å². The highest BCUT2D eigenvalue weighted by atomic mass is 32.1. The van der Waals surface area contributed by atoms with Crippen LogP contribution in [0.5, 0.6) is 17.2 Å². The van der Waals surface area contributed by atoms with Crippen LogP contribution in [0.4, 0.5) is 0 Å². The molecule has 0 saturated carbocycles. The molecule has 1 aromatic heterocycles. The number of hydrogen-bond acceptors (Lipinski definition) is 7. The second-order valence-electron chi connectivity index (χ2n) is 6.33. The van der Waals surface area contributed by atoms with Gasteiger partial charge >= 0.3 is 0 Å². The van der Waals surface area contributed by atoms with Crippen molar-refractivity contribution in [2.45, 2.75) is 5.16 Å². The molecule has 0 radical (unpaired) electrons. The van der Waals surface area contributed by atoms with Crippen LogP contribution in [0.25, 0.3) is 27.8 Å². The summed E-state index contributed by atoms with van der Waals surface area (Å²) in [6.07, 6.45) is 0. The fourth-order valence-corrected chi connectivity index (χ4v) is 3.44. The number of aromatic hydroxyl groups is 2. The first kappa shape index (κ1) is 19.1. The van der Waals surface area contributed by atoms with Crippen LogP contribution in [0.1, 0.15) is 0 Å². The van der Waals surface area contributed by atoms with Crippen LogP contribution in [-0.2, 0) is 4.74 Å². The maximum absolute atomic E-state index is 10.3. The minimum absolute atomic E-state index is 0.0357. The van der Waals surface area contributed by atoms with Gasteiger partial charge in [-0.2, -0.15) is 0 Å². The predicted molar refractivity (Wildman–Crippen MR) is 112 cm³/mol. The van der Waals surface area contributed by atoms with E-state index < -0.39 is 0 Å². The molecule has 0 aliphatic rings. The SMILES string of the molecule is COCCOc1ccc(-n2c(S)nnc2-c2ccc(O)cc2O)c2ccccc12. The molecule has 148 valence electrons. The molecule has 8 heteroatoms. The van der Waals surface area contributed by atoms with E-state index in [1.54, 1.807) is 17.7 Å². The molecule has 0 aliphatic heterocycles. The van der Waals surface area contributed by atoms with Crippen LogP contribution in [0.2, 0.25) is 0 Å². The Bertz CT molecular complexity index is 1180. The molecule has 4 rings (SSSR count).